The number of hydrogen-bond donors (Lipinski definition) is 2. The third kappa shape index (κ3) is 4.48. The molecule has 2 N–H and O–H groups in total. The van der Waals surface area contributed by atoms with Crippen LogP contribution in [0.2, 0.25) is 0 Å². The van der Waals surface area contributed by atoms with Crippen LogP contribution in [0.4, 0.5) is 17.1 Å². The number of nitrogens with zero attached hydrogens (tertiary/aromatic N) is 1. The van der Waals surface area contributed by atoms with Crippen LogP contribution in [-0.2, 0) is 14.4 Å². The van der Waals surface area contributed by atoms with E-state index in [-0.39, 0.29) is 30.7 Å². The van der Waals surface area contributed by atoms with E-state index in [1.54, 1.807) is 42.3 Å². The molecule has 0 aromatic heterocycles. The highest BCUT2D eigenvalue weighted by Crippen LogP contribution is 2.33. The number of anilines is 3. The van der Waals surface area contributed by atoms with Gasteiger partial charge in [-0.15, -0.1) is 0 Å². The Balaban J connectivity index is 1.73. The van der Waals surface area contributed by atoms with E-state index >= 15 is 0 Å². The van der Waals surface area contributed by atoms with E-state index in [2.05, 4.69) is 10.6 Å². The molecule has 3 rings (SSSR count). The van der Waals surface area contributed by atoms with E-state index in [0.717, 1.165) is 0 Å². The molecule has 2 aromatic rings. The van der Waals surface area contributed by atoms with Gasteiger partial charge in [-0.3, -0.25) is 14.4 Å². The minimum Gasteiger partial charge on any atom is -0.495 e. The van der Waals surface area contributed by atoms with Crippen molar-refractivity contribution in [2.45, 2.75) is 13.3 Å². The van der Waals surface area contributed by atoms with Crippen LogP contribution >= 0.6 is 0 Å². The summed E-state index contributed by atoms with van der Waals surface area (Å²) in [5, 5.41) is 5.48. The first-order chi connectivity index (χ1) is 13.9. The van der Waals surface area contributed by atoms with Gasteiger partial charge < -0.3 is 25.0 Å². The van der Waals surface area contributed by atoms with Crippen molar-refractivity contribution in [2.75, 3.05) is 36.3 Å². The number of ether oxygens (including phenoxy) is 2. The summed E-state index contributed by atoms with van der Waals surface area (Å²) in [6, 6.07) is 12.2. The Hall–Kier alpha value is -3.55. The van der Waals surface area contributed by atoms with Crippen LogP contribution in [0.15, 0.2) is 42.5 Å². The fourth-order valence-electron chi connectivity index (χ4n) is 3.29. The monoisotopic (exact) mass is 397 g/mol. The quantitative estimate of drug-likeness (QED) is 0.781. The Labute approximate surface area is 168 Å². The second-order valence-corrected chi connectivity index (χ2v) is 6.66. The van der Waals surface area contributed by atoms with Gasteiger partial charge in [-0.25, -0.2) is 0 Å². The fraction of sp³-hybridized carbons (Fsp3) is 0.286. The highest BCUT2D eigenvalue weighted by atomic mass is 16.5. The van der Waals surface area contributed by atoms with E-state index in [4.69, 9.17) is 9.47 Å². The van der Waals surface area contributed by atoms with Crippen molar-refractivity contribution in [1.29, 1.82) is 0 Å². The Morgan fingerprint density at radius 3 is 2.45 bits per heavy atom. The lowest BCUT2D eigenvalue weighted by atomic mass is 10.1. The first-order valence-corrected chi connectivity index (χ1v) is 9.12. The standard InChI is InChI=1S/C21H23N3O5/c1-13(25)22-16-11-15(8-9-18(16)28-2)23-21(27)14-10-20(26)24(12-14)17-6-4-5-7-19(17)29-3/h4-9,11,14H,10,12H2,1-3H3,(H,22,25)(H,23,27). The van der Waals surface area contributed by atoms with Gasteiger partial charge >= 0.3 is 0 Å². The predicted octanol–water partition coefficient (Wildman–Crippen LogP) is 2.65. The van der Waals surface area contributed by atoms with Crippen molar-refractivity contribution in [3.63, 3.8) is 0 Å². The highest BCUT2D eigenvalue weighted by molar-refractivity contribution is 6.04. The van der Waals surface area contributed by atoms with Crippen LogP contribution in [0.3, 0.4) is 0 Å². The van der Waals surface area contributed by atoms with Crippen LogP contribution in [-0.4, -0.2) is 38.5 Å². The van der Waals surface area contributed by atoms with E-state index in [1.807, 2.05) is 12.1 Å². The second kappa shape index (κ2) is 8.64. The number of para-hydroxylation sites is 2. The molecule has 1 aliphatic heterocycles. The molecule has 8 heteroatoms. The Morgan fingerprint density at radius 2 is 1.76 bits per heavy atom. The van der Waals surface area contributed by atoms with Crippen molar-refractivity contribution < 1.29 is 23.9 Å². The summed E-state index contributed by atoms with van der Waals surface area (Å²) < 4.78 is 10.5. The molecule has 1 saturated heterocycles. The Bertz CT molecular complexity index is 944. The van der Waals surface area contributed by atoms with E-state index in [9.17, 15) is 14.4 Å². The molecule has 1 fully saturated rings. The van der Waals surface area contributed by atoms with Crippen molar-refractivity contribution in [1.82, 2.24) is 0 Å². The van der Waals surface area contributed by atoms with Crippen LogP contribution in [0.5, 0.6) is 11.5 Å². The van der Waals surface area contributed by atoms with Gasteiger partial charge in [-0.05, 0) is 30.3 Å². The van der Waals surface area contributed by atoms with Gasteiger partial charge in [0.2, 0.25) is 17.7 Å². The molecule has 152 valence electrons. The Morgan fingerprint density at radius 1 is 1.03 bits per heavy atom. The molecular weight excluding hydrogens is 374 g/mol. The average Bonchev–Trinajstić information content (AvgIpc) is 3.09. The first-order valence-electron chi connectivity index (χ1n) is 9.12. The third-order valence-electron chi connectivity index (χ3n) is 4.65. The number of hydrogen-bond acceptors (Lipinski definition) is 5. The van der Waals surface area contributed by atoms with Gasteiger partial charge in [-0.1, -0.05) is 12.1 Å². The molecule has 0 bridgehead atoms. The average molecular weight is 397 g/mol. The number of carbonyl (C=O) groups is 3. The molecule has 2 aromatic carbocycles. The third-order valence-corrected chi connectivity index (χ3v) is 4.65. The SMILES string of the molecule is COc1ccc(NC(=O)C2CC(=O)N(c3ccccc3OC)C2)cc1NC(C)=O. The minimum absolute atomic E-state index is 0.110. The predicted molar refractivity (Wildman–Crippen MR) is 109 cm³/mol. The minimum atomic E-state index is -0.501. The van der Waals surface area contributed by atoms with Crippen molar-refractivity contribution in [3.05, 3.63) is 42.5 Å². The summed E-state index contributed by atoms with van der Waals surface area (Å²) in [6.45, 7) is 1.65. The molecule has 1 heterocycles. The van der Waals surface area contributed by atoms with E-state index in [0.29, 0.717) is 28.6 Å². The zero-order valence-corrected chi connectivity index (χ0v) is 16.5. The number of rotatable bonds is 6. The lowest BCUT2D eigenvalue weighted by molar-refractivity contribution is -0.122. The zero-order chi connectivity index (χ0) is 21.0. The van der Waals surface area contributed by atoms with Gasteiger partial charge in [0.25, 0.3) is 0 Å². The van der Waals surface area contributed by atoms with Crippen LogP contribution in [0.1, 0.15) is 13.3 Å². The molecule has 0 saturated carbocycles. The number of methoxy groups -OCH3 is 2. The number of nitrogens with one attached hydrogen (secondary N) is 2. The molecule has 29 heavy (non-hydrogen) atoms. The maximum Gasteiger partial charge on any atom is 0.229 e. The smallest absolute Gasteiger partial charge is 0.229 e. The summed E-state index contributed by atoms with van der Waals surface area (Å²) in [5.41, 5.74) is 1.60. The van der Waals surface area contributed by atoms with E-state index < -0.39 is 5.92 Å². The van der Waals surface area contributed by atoms with Crippen LogP contribution in [0, 0.1) is 5.92 Å². The molecule has 0 aliphatic carbocycles. The van der Waals surface area contributed by atoms with Crippen LogP contribution in [0.25, 0.3) is 0 Å². The van der Waals surface area contributed by atoms with Crippen molar-refractivity contribution in [2.24, 2.45) is 5.92 Å². The van der Waals surface area contributed by atoms with Crippen molar-refractivity contribution in [3.8, 4) is 11.5 Å². The lowest BCUT2D eigenvalue weighted by Crippen LogP contribution is -2.28. The normalized spacial score (nSPS) is 15.8. The van der Waals surface area contributed by atoms with Crippen LogP contribution < -0.4 is 25.0 Å². The lowest BCUT2D eigenvalue weighted by Gasteiger charge is -2.19. The molecule has 3 amide bonds. The van der Waals surface area contributed by atoms with E-state index in [1.165, 1.54) is 14.0 Å². The maximum absolute atomic E-state index is 12.7. The van der Waals surface area contributed by atoms with Gasteiger partial charge in [0.1, 0.15) is 11.5 Å². The molecule has 0 spiro atoms. The molecule has 8 nitrogen and oxygen atoms in total. The summed E-state index contributed by atoms with van der Waals surface area (Å²) in [4.78, 5) is 38.2. The van der Waals surface area contributed by atoms with Gasteiger partial charge in [-0.2, -0.15) is 0 Å². The molecular formula is C21H23N3O5. The number of benzene rings is 2. The summed E-state index contributed by atoms with van der Waals surface area (Å²) >= 11 is 0. The van der Waals surface area contributed by atoms with Crippen molar-refractivity contribution >= 4 is 34.8 Å². The van der Waals surface area contributed by atoms with Gasteiger partial charge in [0.15, 0.2) is 0 Å². The summed E-state index contributed by atoms with van der Waals surface area (Å²) in [6.07, 6.45) is 0.110. The maximum atomic E-state index is 12.7. The topological polar surface area (TPSA) is 97.0 Å². The summed E-state index contributed by atoms with van der Waals surface area (Å²) in [5.74, 6) is -0.0917. The first kappa shape index (κ1) is 20.2. The molecule has 1 aliphatic rings. The largest absolute Gasteiger partial charge is 0.495 e. The molecule has 0 radical (unpaired) electrons. The fourth-order valence-corrected chi connectivity index (χ4v) is 3.29. The highest BCUT2D eigenvalue weighted by Gasteiger charge is 2.36. The number of amides is 3. The zero-order valence-electron chi connectivity index (χ0n) is 16.5. The Kier molecular flexibility index (Phi) is 6.01. The van der Waals surface area contributed by atoms with Gasteiger partial charge in [0, 0.05) is 25.6 Å². The number of carbonyl (C=O) groups excluding carboxylic acids is 3. The molecule has 1 unspecified atom stereocenters. The second-order valence-electron chi connectivity index (χ2n) is 6.66. The molecule has 1 atom stereocenters. The summed E-state index contributed by atoms with van der Waals surface area (Å²) in [7, 11) is 3.04. The van der Waals surface area contributed by atoms with Gasteiger partial charge in [0.05, 0.1) is 31.5 Å².